The molecule has 3 heteroatoms. The van der Waals surface area contributed by atoms with Gasteiger partial charge in [-0.05, 0) is 47.1 Å². The maximum atomic E-state index is 5.99. The Morgan fingerprint density at radius 1 is 1.21 bits per heavy atom. The van der Waals surface area contributed by atoms with Crippen LogP contribution in [0.5, 0.6) is 5.75 Å². The zero-order valence-electron chi connectivity index (χ0n) is 12.7. The molecule has 2 rings (SSSR count). The number of anilines is 1. The number of nitrogens with one attached hydrogen (secondary N) is 1. The van der Waals surface area contributed by atoms with Crippen molar-refractivity contribution in [2.45, 2.75) is 34.2 Å². The minimum absolute atomic E-state index is 0.430. The molecule has 0 amide bonds. The van der Waals surface area contributed by atoms with Gasteiger partial charge in [0.05, 0.1) is 7.11 Å². The third-order valence-electron chi connectivity index (χ3n) is 5.33. The van der Waals surface area contributed by atoms with Gasteiger partial charge >= 0.3 is 0 Å². The summed E-state index contributed by atoms with van der Waals surface area (Å²) in [5.41, 5.74) is 8.78. The Hall–Kier alpha value is -1.22. The Bertz CT molecular complexity index is 452. The van der Waals surface area contributed by atoms with Crippen LogP contribution in [0.25, 0.3) is 0 Å². The highest BCUT2D eigenvalue weighted by Gasteiger charge is 2.63. The molecule has 0 heterocycles. The predicted molar refractivity (Wildman–Crippen MR) is 80.2 cm³/mol. The number of ether oxygens (including phenoxy) is 1. The maximum absolute atomic E-state index is 5.99. The van der Waals surface area contributed by atoms with Crippen molar-refractivity contribution in [3.63, 3.8) is 0 Å². The van der Waals surface area contributed by atoms with E-state index >= 15 is 0 Å². The summed E-state index contributed by atoms with van der Waals surface area (Å²) in [4.78, 5) is 0. The van der Waals surface area contributed by atoms with Crippen LogP contribution in [0.1, 0.15) is 33.3 Å². The highest BCUT2D eigenvalue weighted by Crippen LogP contribution is 2.67. The van der Waals surface area contributed by atoms with E-state index in [1.54, 1.807) is 7.11 Å². The van der Waals surface area contributed by atoms with E-state index in [9.17, 15) is 0 Å². The molecule has 3 N–H and O–H groups in total. The van der Waals surface area contributed by atoms with Crippen molar-refractivity contribution in [3.05, 3.63) is 23.8 Å². The molecule has 1 fully saturated rings. The van der Waals surface area contributed by atoms with Crippen molar-refractivity contribution >= 4 is 5.69 Å². The van der Waals surface area contributed by atoms with Crippen LogP contribution in [0.2, 0.25) is 0 Å². The third kappa shape index (κ3) is 2.44. The van der Waals surface area contributed by atoms with Gasteiger partial charge in [0.15, 0.2) is 0 Å². The van der Waals surface area contributed by atoms with Gasteiger partial charge in [-0.3, -0.25) is 0 Å². The number of nitrogen functional groups attached to an aromatic ring is 1. The Morgan fingerprint density at radius 3 is 2.37 bits per heavy atom. The van der Waals surface area contributed by atoms with Gasteiger partial charge in [0.2, 0.25) is 0 Å². The van der Waals surface area contributed by atoms with Crippen molar-refractivity contribution in [3.8, 4) is 5.75 Å². The van der Waals surface area contributed by atoms with E-state index in [4.69, 9.17) is 10.5 Å². The SMILES string of the molecule is COc1ccc(N)c(CNCC2C(C)(C)C2(C)C)c1. The smallest absolute Gasteiger partial charge is 0.119 e. The van der Waals surface area contributed by atoms with E-state index in [0.717, 1.165) is 36.0 Å². The zero-order valence-corrected chi connectivity index (χ0v) is 12.7. The monoisotopic (exact) mass is 262 g/mol. The summed E-state index contributed by atoms with van der Waals surface area (Å²) < 4.78 is 5.23. The lowest BCUT2D eigenvalue weighted by molar-refractivity contribution is 0.414. The van der Waals surface area contributed by atoms with Crippen LogP contribution in [0, 0.1) is 16.7 Å². The summed E-state index contributed by atoms with van der Waals surface area (Å²) in [7, 11) is 1.68. The molecule has 19 heavy (non-hydrogen) atoms. The summed E-state index contributed by atoms with van der Waals surface area (Å²) in [5, 5.41) is 3.53. The molecule has 1 aromatic carbocycles. The number of rotatable bonds is 5. The Morgan fingerprint density at radius 2 is 1.84 bits per heavy atom. The van der Waals surface area contributed by atoms with Gasteiger partial charge in [-0.15, -0.1) is 0 Å². The molecule has 0 aliphatic heterocycles. The van der Waals surface area contributed by atoms with Crippen LogP contribution in [0.4, 0.5) is 5.69 Å². The summed E-state index contributed by atoms with van der Waals surface area (Å²) in [6.45, 7) is 11.2. The van der Waals surface area contributed by atoms with Crippen LogP contribution < -0.4 is 15.8 Å². The zero-order chi connectivity index (χ0) is 14.3. The minimum Gasteiger partial charge on any atom is -0.497 e. The fourth-order valence-corrected chi connectivity index (χ4v) is 3.06. The topological polar surface area (TPSA) is 47.3 Å². The van der Waals surface area contributed by atoms with Gasteiger partial charge in [0.1, 0.15) is 5.75 Å². The van der Waals surface area contributed by atoms with Gasteiger partial charge in [0.25, 0.3) is 0 Å². The maximum Gasteiger partial charge on any atom is 0.119 e. The molecule has 1 aliphatic carbocycles. The molecular weight excluding hydrogens is 236 g/mol. The summed E-state index contributed by atoms with van der Waals surface area (Å²) in [6, 6.07) is 5.80. The van der Waals surface area contributed by atoms with Crippen LogP contribution in [-0.2, 0) is 6.54 Å². The van der Waals surface area contributed by atoms with Crippen molar-refractivity contribution in [2.24, 2.45) is 16.7 Å². The molecular formula is C16H26N2O. The highest BCUT2D eigenvalue weighted by molar-refractivity contribution is 5.50. The molecule has 1 aromatic rings. The first-order chi connectivity index (χ1) is 8.80. The average Bonchev–Trinajstić information content (AvgIpc) is 2.73. The van der Waals surface area contributed by atoms with E-state index in [0.29, 0.717) is 10.8 Å². The summed E-state index contributed by atoms with van der Waals surface area (Å²) in [5.74, 6) is 1.59. The van der Waals surface area contributed by atoms with Gasteiger partial charge in [-0.1, -0.05) is 27.7 Å². The predicted octanol–water partition coefficient (Wildman–Crippen LogP) is 3.05. The fourth-order valence-electron chi connectivity index (χ4n) is 3.06. The molecule has 106 valence electrons. The highest BCUT2D eigenvalue weighted by atomic mass is 16.5. The minimum atomic E-state index is 0.430. The molecule has 0 unspecified atom stereocenters. The molecule has 0 bridgehead atoms. The summed E-state index contributed by atoms with van der Waals surface area (Å²) in [6.07, 6.45) is 0. The summed E-state index contributed by atoms with van der Waals surface area (Å²) >= 11 is 0. The first-order valence-electron chi connectivity index (χ1n) is 6.94. The molecule has 1 aliphatic rings. The van der Waals surface area contributed by atoms with E-state index in [-0.39, 0.29) is 0 Å². The lowest BCUT2D eigenvalue weighted by atomic mass is 10.0. The fraction of sp³-hybridized carbons (Fsp3) is 0.625. The molecule has 0 saturated heterocycles. The van der Waals surface area contributed by atoms with Crippen molar-refractivity contribution < 1.29 is 4.74 Å². The van der Waals surface area contributed by atoms with Gasteiger partial charge in [-0.25, -0.2) is 0 Å². The molecule has 3 nitrogen and oxygen atoms in total. The second kappa shape index (κ2) is 4.71. The normalized spacial score (nSPS) is 20.3. The first kappa shape index (κ1) is 14.2. The van der Waals surface area contributed by atoms with Crippen LogP contribution in [0.15, 0.2) is 18.2 Å². The largest absolute Gasteiger partial charge is 0.497 e. The Balaban J connectivity index is 1.90. The van der Waals surface area contributed by atoms with Crippen LogP contribution >= 0.6 is 0 Å². The van der Waals surface area contributed by atoms with E-state index < -0.39 is 0 Å². The quantitative estimate of drug-likeness (QED) is 0.802. The van der Waals surface area contributed by atoms with E-state index in [1.807, 2.05) is 18.2 Å². The standard InChI is InChI=1S/C16H26N2O/c1-15(2)14(16(15,3)4)10-18-9-11-8-12(19-5)6-7-13(11)17/h6-8,14,18H,9-10,17H2,1-5H3. The number of hydrogen-bond acceptors (Lipinski definition) is 3. The second-order valence-electron chi connectivity index (χ2n) is 6.69. The number of benzene rings is 1. The Kier molecular flexibility index (Phi) is 3.52. The number of hydrogen-bond donors (Lipinski definition) is 2. The molecule has 0 spiro atoms. The first-order valence-corrected chi connectivity index (χ1v) is 6.94. The van der Waals surface area contributed by atoms with E-state index in [1.165, 1.54) is 0 Å². The van der Waals surface area contributed by atoms with Crippen LogP contribution in [-0.4, -0.2) is 13.7 Å². The van der Waals surface area contributed by atoms with Crippen molar-refractivity contribution in [1.29, 1.82) is 0 Å². The molecule has 0 atom stereocenters. The lowest BCUT2D eigenvalue weighted by Crippen LogP contribution is -2.19. The van der Waals surface area contributed by atoms with Crippen molar-refractivity contribution in [1.82, 2.24) is 5.32 Å². The lowest BCUT2D eigenvalue weighted by Gasteiger charge is -2.10. The van der Waals surface area contributed by atoms with E-state index in [2.05, 4.69) is 33.0 Å². The third-order valence-corrected chi connectivity index (χ3v) is 5.33. The second-order valence-corrected chi connectivity index (χ2v) is 6.69. The molecule has 1 saturated carbocycles. The van der Waals surface area contributed by atoms with Gasteiger partial charge < -0.3 is 15.8 Å². The average molecular weight is 262 g/mol. The van der Waals surface area contributed by atoms with Crippen LogP contribution in [0.3, 0.4) is 0 Å². The van der Waals surface area contributed by atoms with Gasteiger partial charge in [0, 0.05) is 12.2 Å². The van der Waals surface area contributed by atoms with Crippen molar-refractivity contribution in [2.75, 3.05) is 19.4 Å². The number of methoxy groups -OCH3 is 1. The number of nitrogens with two attached hydrogens (primary N) is 1. The Labute approximate surface area is 116 Å². The van der Waals surface area contributed by atoms with Gasteiger partial charge in [-0.2, -0.15) is 0 Å². The molecule has 0 radical (unpaired) electrons. The molecule has 0 aromatic heterocycles.